The number of nitrogens with one attached hydrogen (secondary N) is 1. The smallest absolute Gasteiger partial charge is 0.0431 e. The van der Waals surface area contributed by atoms with Crippen molar-refractivity contribution < 1.29 is 5.11 Å². The first kappa shape index (κ1) is 17.2. The van der Waals surface area contributed by atoms with Gasteiger partial charge in [0.1, 0.15) is 0 Å². The quantitative estimate of drug-likeness (QED) is 0.593. The molecule has 0 saturated heterocycles. The average Bonchev–Trinajstić information content (AvgIpc) is 2.49. The molecule has 1 aromatic carbocycles. The molecule has 2 N–H and O–H groups in total. The van der Waals surface area contributed by atoms with E-state index in [1.165, 1.54) is 43.2 Å². The van der Waals surface area contributed by atoms with Crippen LogP contribution in [-0.2, 0) is 6.42 Å². The van der Waals surface area contributed by atoms with Crippen LogP contribution in [0.25, 0.3) is 0 Å². The fraction of sp³-hybridized carbons (Fsp3) is 0.667. The highest BCUT2D eigenvalue weighted by molar-refractivity contribution is 5.24. The van der Waals surface area contributed by atoms with Crippen molar-refractivity contribution in [3.05, 3.63) is 35.4 Å². The van der Waals surface area contributed by atoms with Crippen LogP contribution in [-0.4, -0.2) is 18.3 Å². The molecule has 0 aliphatic rings. The zero-order valence-corrected chi connectivity index (χ0v) is 13.2. The summed E-state index contributed by atoms with van der Waals surface area (Å²) >= 11 is 0. The molecule has 20 heavy (non-hydrogen) atoms. The van der Waals surface area contributed by atoms with Crippen LogP contribution in [0.1, 0.15) is 69.5 Å². The lowest BCUT2D eigenvalue weighted by Gasteiger charge is -2.14. The zero-order valence-electron chi connectivity index (χ0n) is 13.2. The van der Waals surface area contributed by atoms with Crippen molar-refractivity contribution >= 4 is 0 Å². The Morgan fingerprint density at radius 2 is 1.70 bits per heavy atom. The van der Waals surface area contributed by atoms with E-state index < -0.39 is 0 Å². The zero-order chi connectivity index (χ0) is 14.6. The van der Waals surface area contributed by atoms with E-state index in [9.17, 15) is 0 Å². The van der Waals surface area contributed by atoms with E-state index in [0.29, 0.717) is 12.6 Å². The van der Waals surface area contributed by atoms with Gasteiger partial charge in [0.05, 0.1) is 0 Å². The van der Waals surface area contributed by atoms with Crippen molar-refractivity contribution in [1.82, 2.24) is 5.32 Å². The number of aryl methyl sites for hydroxylation is 1. The molecule has 1 aromatic rings. The summed E-state index contributed by atoms with van der Waals surface area (Å²) < 4.78 is 0. The lowest BCUT2D eigenvalue weighted by molar-refractivity contribution is 0.282. The first-order valence-electron chi connectivity index (χ1n) is 8.21. The normalized spacial score (nSPS) is 12.6. The third kappa shape index (κ3) is 7.06. The van der Waals surface area contributed by atoms with Crippen LogP contribution in [0, 0.1) is 0 Å². The summed E-state index contributed by atoms with van der Waals surface area (Å²) in [6.45, 7) is 5.86. The van der Waals surface area contributed by atoms with Gasteiger partial charge >= 0.3 is 0 Å². The van der Waals surface area contributed by atoms with E-state index in [1.54, 1.807) is 0 Å². The lowest BCUT2D eigenvalue weighted by atomic mass is 10.0. The van der Waals surface area contributed by atoms with E-state index >= 15 is 0 Å². The highest BCUT2D eigenvalue weighted by Gasteiger charge is 2.04. The van der Waals surface area contributed by atoms with Crippen molar-refractivity contribution in [3.63, 3.8) is 0 Å². The van der Waals surface area contributed by atoms with E-state index in [-0.39, 0.29) is 0 Å². The van der Waals surface area contributed by atoms with Crippen LogP contribution in [0.2, 0.25) is 0 Å². The third-order valence-corrected chi connectivity index (χ3v) is 3.83. The molecule has 1 rings (SSSR count). The summed E-state index contributed by atoms with van der Waals surface area (Å²) in [5, 5.41) is 12.3. The molecule has 1 unspecified atom stereocenters. The maximum atomic E-state index is 8.72. The van der Waals surface area contributed by atoms with Crippen LogP contribution < -0.4 is 5.32 Å². The molecular formula is C18H31NO. The second-order valence-electron chi connectivity index (χ2n) is 5.66. The molecule has 2 heteroatoms. The van der Waals surface area contributed by atoms with Gasteiger partial charge in [-0.1, -0.05) is 50.5 Å². The Balaban J connectivity index is 2.23. The van der Waals surface area contributed by atoms with Crippen molar-refractivity contribution in [3.8, 4) is 0 Å². The Hall–Kier alpha value is -0.860. The number of aliphatic hydroxyl groups excluding tert-OH is 1. The van der Waals surface area contributed by atoms with Gasteiger partial charge in [0.25, 0.3) is 0 Å². The number of aliphatic hydroxyl groups is 1. The summed E-state index contributed by atoms with van der Waals surface area (Å²) in [6.07, 6.45) is 8.21. The Bertz CT molecular complexity index is 334. The highest BCUT2D eigenvalue weighted by Crippen LogP contribution is 2.15. The molecule has 0 bridgehead atoms. The highest BCUT2D eigenvalue weighted by atomic mass is 16.2. The van der Waals surface area contributed by atoms with E-state index in [4.69, 9.17) is 5.11 Å². The first-order valence-corrected chi connectivity index (χ1v) is 8.21. The number of benzene rings is 1. The summed E-state index contributed by atoms with van der Waals surface area (Å²) in [6, 6.07) is 9.48. The van der Waals surface area contributed by atoms with Gasteiger partial charge in [-0.15, -0.1) is 0 Å². The SMILES string of the molecule is CCCCc1ccc(C(C)NCCCCCCO)cc1. The summed E-state index contributed by atoms with van der Waals surface area (Å²) in [4.78, 5) is 0. The molecule has 0 aliphatic heterocycles. The minimum Gasteiger partial charge on any atom is -0.396 e. The van der Waals surface area contributed by atoms with Crippen LogP contribution in [0.3, 0.4) is 0 Å². The van der Waals surface area contributed by atoms with Gasteiger partial charge in [-0.25, -0.2) is 0 Å². The molecule has 114 valence electrons. The van der Waals surface area contributed by atoms with Gasteiger partial charge in [0, 0.05) is 12.6 Å². The summed E-state index contributed by atoms with van der Waals surface area (Å²) in [7, 11) is 0. The largest absolute Gasteiger partial charge is 0.396 e. The van der Waals surface area contributed by atoms with Gasteiger partial charge in [-0.3, -0.25) is 0 Å². The predicted molar refractivity (Wildman–Crippen MR) is 87.0 cm³/mol. The Kier molecular flexibility index (Phi) is 9.35. The maximum Gasteiger partial charge on any atom is 0.0431 e. The molecule has 0 aromatic heterocycles. The molecule has 0 radical (unpaired) electrons. The lowest BCUT2D eigenvalue weighted by Crippen LogP contribution is -2.19. The molecule has 0 amide bonds. The molecule has 0 saturated carbocycles. The van der Waals surface area contributed by atoms with Crippen molar-refractivity contribution in [2.24, 2.45) is 0 Å². The summed E-state index contributed by atoms with van der Waals surface area (Å²) in [5.74, 6) is 0. The first-order chi connectivity index (χ1) is 9.77. The minimum atomic E-state index is 0.328. The monoisotopic (exact) mass is 277 g/mol. The number of hydrogen-bond acceptors (Lipinski definition) is 2. The van der Waals surface area contributed by atoms with Crippen LogP contribution in [0.15, 0.2) is 24.3 Å². The van der Waals surface area contributed by atoms with Crippen molar-refractivity contribution in [2.45, 2.75) is 64.8 Å². The molecule has 2 nitrogen and oxygen atoms in total. The molecule has 0 fully saturated rings. The molecule has 1 atom stereocenters. The van der Waals surface area contributed by atoms with Crippen LogP contribution in [0.5, 0.6) is 0 Å². The van der Waals surface area contributed by atoms with Gasteiger partial charge in [0.15, 0.2) is 0 Å². The van der Waals surface area contributed by atoms with Gasteiger partial charge in [-0.05, 0) is 50.3 Å². The molecule has 0 spiro atoms. The molecule has 0 aliphatic carbocycles. The summed E-state index contributed by atoms with van der Waals surface area (Å²) in [5.41, 5.74) is 2.83. The fourth-order valence-corrected chi connectivity index (χ4v) is 2.38. The molecule has 0 heterocycles. The number of unbranched alkanes of at least 4 members (excludes halogenated alkanes) is 4. The van der Waals surface area contributed by atoms with Gasteiger partial charge < -0.3 is 10.4 Å². The second-order valence-corrected chi connectivity index (χ2v) is 5.66. The Morgan fingerprint density at radius 3 is 2.35 bits per heavy atom. The van der Waals surface area contributed by atoms with Gasteiger partial charge in [-0.2, -0.15) is 0 Å². The number of rotatable bonds is 11. The van der Waals surface area contributed by atoms with E-state index in [0.717, 1.165) is 19.4 Å². The molecular weight excluding hydrogens is 246 g/mol. The minimum absolute atomic E-state index is 0.328. The second kappa shape index (κ2) is 10.9. The van der Waals surface area contributed by atoms with Crippen LogP contribution >= 0.6 is 0 Å². The predicted octanol–water partition coefficient (Wildman–Crippen LogP) is 4.23. The van der Waals surface area contributed by atoms with Gasteiger partial charge in [0.2, 0.25) is 0 Å². The third-order valence-electron chi connectivity index (χ3n) is 3.83. The topological polar surface area (TPSA) is 32.3 Å². The fourth-order valence-electron chi connectivity index (χ4n) is 2.38. The van der Waals surface area contributed by atoms with Crippen molar-refractivity contribution in [1.29, 1.82) is 0 Å². The van der Waals surface area contributed by atoms with Crippen molar-refractivity contribution in [2.75, 3.05) is 13.2 Å². The maximum absolute atomic E-state index is 8.72. The van der Waals surface area contributed by atoms with Crippen LogP contribution in [0.4, 0.5) is 0 Å². The standard InChI is InChI=1S/C18H31NO/c1-3-4-9-17-10-12-18(13-11-17)16(2)19-14-7-5-6-8-15-20/h10-13,16,19-20H,3-9,14-15H2,1-2H3. The van der Waals surface area contributed by atoms with E-state index in [1.807, 2.05) is 0 Å². The average molecular weight is 277 g/mol. The Morgan fingerprint density at radius 1 is 1.00 bits per heavy atom. The number of hydrogen-bond donors (Lipinski definition) is 2. The van der Waals surface area contributed by atoms with E-state index in [2.05, 4.69) is 43.4 Å². The Labute approximate surface area is 124 Å².